The first-order chi connectivity index (χ1) is 7.76. The Bertz CT molecular complexity index is 167. The largest absolute Gasteiger partial charge is 0.317 e. The van der Waals surface area contributed by atoms with Gasteiger partial charge in [0.15, 0.2) is 0 Å². The maximum absolute atomic E-state index is 3.81. The third-order valence-corrected chi connectivity index (χ3v) is 4.54. The predicted molar refractivity (Wildman–Crippen MR) is 79.1 cm³/mol. The minimum atomic E-state index is 0. The Hall–Kier alpha value is 0.210. The van der Waals surface area contributed by atoms with Gasteiger partial charge in [-0.25, -0.2) is 0 Å². The fourth-order valence-electron chi connectivity index (χ4n) is 2.84. The Morgan fingerprint density at radius 2 is 1.59 bits per heavy atom. The van der Waals surface area contributed by atoms with Crippen LogP contribution in [-0.2, 0) is 0 Å². The summed E-state index contributed by atoms with van der Waals surface area (Å²) >= 11 is 0. The van der Waals surface area contributed by atoms with Gasteiger partial charge in [-0.05, 0) is 64.1 Å². The lowest BCUT2D eigenvalue weighted by Crippen LogP contribution is -2.44. The van der Waals surface area contributed by atoms with E-state index < -0.39 is 0 Å². The van der Waals surface area contributed by atoms with Crippen LogP contribution in [-0.4, -0.2) is 25.2 Å². The molecule has 1 fully saturated rings. The Morgan fingerprint density at radius 3 is 2.06 bits per heavy atom. The van der Waals surface area contributed by atoms with Crippen LogP contribution in [0.15, 0.2) is 0 Å². The zero-order valence-electron chi connectivity index (χ0n) is 11.8. The van der Waals surface area contributed by atoms with Crippen molar-refractivity contribution in [3.05, 3.63) is 0 Å². The van der Waals surface area contributed by atoms with E-state index in [2.05, 4.69) is 31.4 Å². The molecule has 0 saturated carbocycles. The highest BCUT2D eigenvalue weighted by molar-refractivity contribution is 5.85. The SMILES string of the molecule is CCC(CC)(CC)NCCC1CCNCC1.Cl. The van der Waals surface area contributed by atoms with E-state index in [0.717, 1.165) is 5.92 Å². The molecule has 0 bridgehead atoms. The summed E-state index contributed by atoms with van der Waals surface area (Å²) in [7, 11) is 0. The van der Waals surface area contributed by atoms with E-state index in [1.807, 2.05) is 0 Å². The van der Waals surface area contributed by atoms with Gasteiger partial charge in [0.25, 0.3) is 0 Å². The Labute approximate surface area is 114 Å². The normalized spacial score (nSPS) is 17.8. The van der Waals surface area contributed by atoms with Gasteiger partial charge in [0, 0.05) is 5.54 Å². The molecule has 2 nitrogen and oxygen atoms in total. The van der Waals surface area contributed by atoms with Crippen molar-refractivity contribution in [2.75, 3.05) is 19.6 Å². The van der Waals surface area contributed by atoms with E-state index in [9.17, 15) is 0 Å². The topological polar surface area (TPSA) is 24.1 Å². The van der Waals surface area contributed by atoms with E-state index in [0.29, 0.717) is 5.54 Å². The van der Waals surface area contributed by atoms with E-state index in [1.165, 1.54) is 58.2 Å². The van der Waals surface area contributed by atoms with Crippen molar-refractivity contribution in [1.82, 2.24) is 10.6 Å². The molecule has 0 atom stereocenters. The molecule has 0 spiro atoms. The molecule has 104 valence electrons. The summed E-state index contributed by atoms with van der Waals surface area (Å²) in [6.45, 7) is 10.6. The Kier molecular flexibility index (Phi) is 9.29. The summed E-state index contributed by atoms with van der Waals surface area (Å²) in [6, 6.07) is 0. The van der Waals surface area contributed by atoms with Crippen LogP contribution in [0.25, 0.3) is 0 Å². The molecule has 0 aromatic heterocycles. The molecule has 0 aromatic rings. The second-order valence-electron chi connectivity index (χ2n) is 5.25. The molecule has 1 heterocycles. The zero-order chi connectivity index (χ0) is 11.9. The second-order valence-corrected chi connectivity index (χ2v) is 5.25. The average molecular weight is 263 g/mol. The van der Waals surface area contributed by atoms with Gasteiger partial charge in [-0.1, -0.05) is 20.8 Å². The van der Waals surface area contributed by atoms with Crippen molar-refractivity contribution in [2.24, 2.45) is 5.92 Å². The molecule has 1 rings (SSSR count). The molecule has 0 radical (unpaired) electrons. The first kappa shape index (κ1) is 17.2. The van der Waals surface area contributed by atoms with Crippen LogP contribution in [0.1, 0.15) is 59.3 Å². The van der Waals surface area contributed by atoms with Crippen LogP contribution in [0.2, 0.25) is 0 Å². The lowest BCUT2D eigenvalue weighted by Gasteiger charge is -2.33. The average Bonchev–Trinajstić information content (AvgIpc) is 2.37. The highest BCUT2D eigenvalue weighted by Crippen LogP contribution is 2.20. The number of hydrogen-bond donors (Lipinski definition) is 2. The van der Waals surface area contributed by atoms with Crippen LogP contribution in [0.3, 0.4) is 0 Å². The van der Waals surface area contributed by atoms with Crippen LogP contribution in [0.5, 0.6) is 0 Å². The highest BCUT2D eigenvalue weighted by Gasteiger charge is 2.23. The summed E-state index contributed by atoms with van der Waals surface area (Å²) in [5.41, 5.74) is 0.410. The number of hydrogen-bond acceptors (Lipinski definition) is 2. The molecular formula is C14H31ClN2. The van der Waals surface area contributed by atoms with Gasteiger partial charge in [0.05, 0.1) is 0 Å². The quantitative estimate of drug-likeness (QED) is 0.735. The minimum Gasteiger partial charge on any atom is -0.317 e. The van der Waals surface area contributed by atoms with Crippen LogP contribution in [0.4, 0.5) is 0 Å². The van der Waals surface area contributed by atoms with Crippen molar-refractivity contribution in [1.29, 1.82) is 0 Å². The van der Waals surface area contributed by atoms with Crippen molar-refractivity contribution in [3.8, 4) is 0 Å². The molecule has 1 saturated heterocycles. The maximum Gasteiger partial charge on any atom is 0.0173 e. The lowest BCUT2D eigenvalue weighted by atomic mass is 9.88. The van der Waals surface area contributed by atoms with Crippen molar-refractivity contribution >= 4 is 12.4 Å². The van der Waals surface area contributed by atoms with Gasteiger partial charge in [0.2, 0.25) is 0 Å². The zero-order valence-corrected chi connectivity index (χ0v) is 12.7. The summed E-state index contributed by atoms with van der Waals surface area (Å²) in [6.07, 6.45) is 7.88. The fraction of sp³-hybridized carbons (Fsp3) is 1.00. The molecule has 3 heteroatoms. The van der Waals surface area contributed by atoms with Gasteiger partial charge in [-0.2, -0.15) is 0 Å². The smallest absolute Gasteiger partial charge is 0.0173 e. The Balaban J connectivity index is 0.00000256. The molecule has 17 heavy (non-hydrogen) atoms. The van der Waals surface area contributed by atoms with Crippen LogP contribution >= 0.6 is 12.4 Å². The predicted octanol–water partition coefficient (Wildman–Crippen LogP) is 3.36. The van der Waals surface area contributed by atoms with Crippen LogP contribution in [0, 0.1) is 5.92 Å². The molecule has 0 unspecified atom stereocenters. The van der Waals surface area contributed by atoms with Gasteiger partial charge in [-0.3, -0.25) is 0 Å². The third-order valence-electron chi connectivity index (χ3n) is 4.54. The molecular weight excluding hydrogens is 232 g/mol. The number of piperidine rings is 1. The second kappa shape index (κ2) is 9.18. The van der Waals surface area contributed by atoms with E-state index in [-0.39, 0.29) is 12.4 Å². The summed E-state index contributed by atoms with van der Waals surface area (Å²) < 4.78 is 0. The van der Waals surface area contributed by atoms with E-state index in [4.69, 9.17) is 0 Å². The molecule has 2 N–H and O–H groups in total. The van der Waals surface area contributed by atoms with Gasteiger partial charge in [0.1, 0.15) is 0 Å². The number of nitrogens with one attached hydrogen (secondary N) is 2. The van der Waals surface area contributed by atoms with Crippen LogP contribution < -0.4 is 10.6 Å². The standard InChI is InChI=1S/C14H30N2.ClH/c1-4-14(5-2,6-3)16-12-9-13-7-10-15-11-8-13;/h13,15-16H,4-12H2,1-3H3;1H. The third kappa shape index (κ3) is 5.58. The molecule has 0 amide bonds. The van der Waals surface area contributed by atoms with Crippen molar-refractivity contribution in [3.63, 3.8) is 0 Å². The molecule has 0 aliphatic carbocycles. The number of rotatable bonds is 7. The molecule has 1 aliphatic heterocycles. The fourth-order valence-corrected chi connectivity index (χ4v) is 2.84. The van der Waals surface area contributed by atoms with Gasteiger partial charge >= 0.3 is 0 Å². The summed E-state index contributed by atoms with van der Waals surface area (Å²) in [5, 5.41) is 7.24. The maximum atomic E-state index is 3.81. The summed E-state index contributed by atoms with van der Waals surface area (Å²) in [4.78, 5) is 0. The lowest BCUT2D eigenvalue weighted by molar-refractivity contribution is 0.268. The highest BCUT2D eigenvalue weighted by atomic mass is 35.5. The molecule has 1 aliphatic rings. The Morgan fingerprint density at radius 1 is 1.06 bits per heavy atom. The summed E-state index contributed by atoms with van der Waals surface area (Å²) in [5.74, 6) is 0.956. The first-order valence-corrected chi connectivity index (χ1v) is 7.22. The minimum absolute atomic E-state index is 0. The number of halogens is 1. The van der Waals surface area contributed by atoms with E-state index in [1.54, 1.807) is 0 Å². The van der Waals surface area contributed by atoms with E-state index >= 15 is 0 Å². The van der Waals surface area contributed by atoms with Crippen molar-refractivity contribution < 1.29 is 0 Å². The monoisotopic (exact) mass is 262 g/mol. The molecule has 0 aromatic carbocycles. The van der Waals surface area contributed by atoms with Crippen molar-refractivity contribution in [2.45, 2.75) is 64.8 Å². The van der Waals surface area contributed by atoms with Gasteiger partial charge in [-0.15, -0.1) is 12.4 Å². The van der Waals surface area contributed by atoms with Gasteiger partial charge < -0.3 is 10.6 Å². The first-order valence-electron chi connectivity index (χ1n) is 7.22.